The number of hydrogen-bond acceptors (Lipinski definition) is 6. The molecule has 2 fully saturated rings. The number of phenolic OH excluding ortho intramolecular Hbond substituents is 1. The van der Waals surface area contributed by atoms with E-state index >= 15 is 0 Å². The normalized spacial score (nSPS) is 24.0. The van der Waals surface area contributed by atoms with Gasteiger partial charge in [-0.2, -0.15) is 5.06 Å². The first kappa shape index (κ1) is 21.6. The lowest BCUT2D eigenvalue weighted by molar-refractivity contribution is -0.216. The van der Waals surface area contributed by atoms with E-state index in [0.717, 1.165) is 5.56 Å². The van der Waals surface area contributed by atoms with Crippen molar-refractivity contribution < 1.29 is 24.3 Å². The first-order valence-electron chi connectivity index (χ1n) is 10.0. The number of phenols is 1. The van der Waals surface area contributed by atoms with E-state index < -0.39 is 23.6 Å². The molecular weight excluding hydrogens is 420 g/mol. The quantitative estimate of drug-likeness (QED) is 0.724. The van der Waals surface area contributed by atoms with Crippen molar-refractivity contribution >= 4 is 23.4 Å². The van der Waals surface area contributed by atoms with Gasteiger partial charge in [0, 0.05) is 5.54 Å². The van der Waals surface area contributed by atoms with Gasteiger partial charge in [-0.15, -0.1) is 0 Å². The molecule has 2 aliphatic rings. The zero-order valence-corrected chi connectivity index (χ0v) is 18.6. The number of nitrogens with zero attached hydrogens (tertiary/aromatic N) is 2. The zero-order chi connectivity index (χ0) is 22.5. The summed E-state index contributed by atoms with van der Waals surface area (Å²) in [7, 11) is 1.43. The van der Waals surface area contributed by atoms with Crippen LogP contribution in [0.4, 0.5) is 0 Å². The number of benzene rings is 2. The number of likely N-dealkylation sites (tertiary alicyclic amines) is 1. The molecule has 2 heterocycles. The van der Waals surface area contributed by atoms with Gasteiger partial charge >= 0.3 is 0 Å². The van der Waals surface area contributed by atoms with Gasteiger partial charge in [0.15, 0.2) is 17.6 Å². The molecule has 2 amide bonds. The number of ether oxygens (including phenoxy) is 1. The molecule has 31 heavy (non-hydrogen) atoms. The van der Waals surface area contributed by atoms with E-state index in [1.165, 1.54) is 12.0 Å². The summed E-state index contributed by atoms with van der Waals surface area (Å²) in [6.45, 7) is 6.02. The fraction of sp³-hybridized carbons (Fsp3) is 0.391. The molecule has 0 aromatic heterocycles. The minimum atomic E-state index is -0.918. The average Bonchev–Trinajstić information content (AvgIpc) is 3.23. The standard InChI is InChI=1S/C23H25ClN2O5/c1-23(2,3)26-18(14-10-15(24)19(27)16(11-14)30-4)17-20(31-26)22(29)25(21(17)28)12-13-8-6-5-7-9-13/h5-11,17-18,20,27H,12H2,1-4H3. The van der Waals surface area contributed by atoms with E-state index in [9.17, 15) is 14.7 Å². The van der Waals surface area contributed by atoms with Crippen molar-refractivity contribution in [1.82, 2.24) is 9.96 Å². The molecule has 0 spiro atoms. The number of halogens is 1. The highest BCUT2D eigenvalue weighted by molar-refractivity contribution is 6.32. The van der Waals surface area contributed by atoms with Gasteiger partial charge in [-0.05, 0) is 44.0 Å². The van der Waals surface area contributed by atoms with Gasteiger partial charge < -0.3 is 9.84 Å². The summed E-state index contributed by atoms with van der Waals surface area (Å²) in [4.78, 5) is 34.0. The molecule has 2 aliphatic heterocycles. The number of amides is 2. The predicted molar refractivity (Wildman–Crippen MR) is 114 cm³/mol. The Balaban J connectivity index is 1.75. The molecule has 2 saturated heterocycles. The van der Waals surface area contributed by atoms with E-state index in [2.05, 4.69) is 0 Å². The first-order valence-corrected chi connectivity index (χ1v) is 10.4. The van der Waals surface area contributed by atoms with Crippen molar-refractivity contribution in [2.45, 2.75) is 45.0 Å². The van der Waals surface area contributed by atoms with Crippen LogP contribution >= 0.6 is 11.6 Å². The Bertz CT molecular complexity index is 1020. The van der Waals surface area contributed by atoms with Gasteiger partial charge in [-0.25, -0.2) is 0 Å². The predicted octanol–water partition coefficient (Wildman–Crippen LogP) is 3.69. The van der Waals surface area contributed by atoms with Crippen LogP contribution in [0.3, 0.4) is 0 Å². The monoisotopic (exact) mass is 444 g/mol. The van der Waals surface area contributed by atoms with Gasteiger partial charge in [0.2, 0.25) is 5.91 Å². The van der Waals surface area contributed by atoms with E-state index in [0.29, 0.717) is 5.56 Å². The Kier molecular flexibility index (Phi) is 5.45. The van der Waals surface area contributed by atoms with Crippen molar-refractivity contribution in [2.75, 3.05) is 7.11 Å². The highest BCUT2D eigenvalue weighted by atomic mass is 35.5. The number of fused-ring (bicyclic) bond motifs is 1. The number of methoxy groups -OCH3 is 1. The molecule has 2 aromatic rings. The maximum Gasteiger partial charge on any atom is 0.261 e. The topological polar surface area (TPSA) is 79.3 Å². The van der Waals surface area contributed by atoms with Crippen LogP contribution in [0.1, 0.15) is 37.9 Å². The van der Waals surface area contributed by atoms with Crippen molar-refractivity contribution in [1.29, 1.82) is 0 Å². The maximum absolute atomic E-state index is 13.4. The second-order valence-corrected chi connectivity index (χ2v) is 9.20. The molecule has 3 atom stereocenters. The lowest BCUT2D eigenvalue weighted by Gasteiger charge is -2.37. The summed E-state index contributed by atoms with van der Waals surface area (Å²) in [5.41, 5.74) is 0.991. The summed E-state index contributed by atoms with van der Waals surface area (Å²) < 4.78 is 5.25. The first-order chi connectivity index (χ1) is 14.6. The number of carbonyl (C=O) groups is 2. The zero-order valence-electron chi connectivity index (χ0n) is 17.8. The number of hydrogen-bond donors (Lipinski definition) is 1. The molecule has 3 unspecified atom stereocenters. The second-order valence-electron chi connectivity index (χ2n) is 8.80. The summed E-state index contributed by atoms with van der Waals surface area (Å²) >= 11 is 6.23. The number of aromatic hydroxyl groups is 1. The molecule has 1 N–H and O–H groups in total. The molecule has 4 rings (SSSR count). The van der Waals surface area contributed by atoms with Gasteiger partial charge in [-0.1, -0.05) is 41.9 Å². The smallest absolute Gasteiger partial charge is 0.261 e. The van der Waals surface area contributed by atoms with Gasteiger partial charge in [0.05, 0.1) is 30.6 Å². The van der Waals surface area contributed by atoms with Crippen LogP contribution in [0.15, 0.2) is 42.5 Å². The molecule has 164 valence electrons. The summed E-state index contributed by atoms with van der Waals surface area (Å²) in [5, 5.41) is 11.9. The Morgan fingerprint density at radius 3 is 2.42 bits per heavy atom. The maximum atomic E-state index is 13.4. The third kappa shape index (κ3) is 3.67. The van der Waals surface area contributed by atoms with Crippen molar-refractivity contribution in [3.8, 4) is 11.5 Å². The molecule has 2 aromatic carbocycles. The molecule has 8 heteroatoms. The SMILES string of the molecule is COc1cc(C2C3C(=O)N(Cc4ccccc4)C(=O)C3ON2C(C)(C)C)cc(Cl)c1O. The lowest BCUT2D eigenvalue weighted by Crippen LogP contribution is -2.44. The van der Waals surface area contributed by atoms with Gasteiger partial charge in [0.25, 0.3) is 5.91 Å². The average molecular weight is 445 g/mol. The van der Waals surface area contributed by atoms with E-state index in [-0.39, 0.29) is 34.9 Å². The number of imide groups is 1. The van der Waals surface area contributed by atoms with E-state index in [1.54, 1.807) is 17.2 Å². The van der Waals surface area contributed by atoms with Crippen LogP contribution in [0.5, 0.6) is 11.5 Å². The molecule has 0 saturated carbocycles. The second kappa shape index (κ2) is 7.82. The Morgan fingerprint density at radius 1 is 1.13 bits per heavy atom. The highest BCUT2D eigenvalue weighted by Crippen LogP contribution is 2.50. The number of carbonyl (C=O) groups excluding carboxylic acids is 2. The Hall–Kier alpha value is -2.61. The fourth-order valence-electron chi connectivity index (χ4n) is 4.23. The van der Waals surface area contributed by atoms with Gasteiger partial charge in [-0.3, -0.25) is 19.3 Å². The van der Waals surface area contributed by atoms with Crippen molar-refractivity contribution in [3.63, 3.8) is 0 Å². The third-order valence-electron chi connectivity index (χ3n) is 5.66. The summed E-state index contributed by atoms with van der Waals surface area (Å²) in [6, 6.07) is 12.0. The summed E-state index contributed by atoms with van der Waals surface area (Å²) in [5.74, 6) is -1.37. The fourth-order valence-corrected chi connectivity index (χ4v) is 4.45. The number of hydroxylamine groups is 2. The van der Waals surface area contributed by atoms with Crippen LogP contribution in [-0.4, -0.2) is 45.6 Å². The van der Waals surface area contributed by atoms with E-state index in [1.807, 2.05) is 51.1 Å². The molecule has 0 aliphatic carbocycles. The van der Waals surface area contributed by atoms with Gasteiger partial charge in [0.1, 0.15) is 0 Å². The van der Waals surface area contributed by atoms with Crippen LogP contribution in [0.2, 0.25) is 5.02 Å². The number of rotatable bonds is 4. The minimum Gasteiger partial charge on any atom is -0.503 e. The van der Waals surface area contributed by atoms with Crippen molar-refractivity contribution in [3.05, 3.63) is 58.6 Å². The van der Waals surface area contributed by atoms with Crippen LogP contribution < -0.4 is 4.74 Å². The molecular formula is C23H25ClN2O5. The Labute approximate surface area is 186 Å². The van der Waals surface area contributed by atoms with Crippen molar-refractivity contribution in [2.24, 2.45) is 5.92 Å². The third-order valence-corrected chi connectivity index (χ3v) is 5.95. The Morgan fingerprint density at radius 2 is 1.81 bits per heavy atom. The van der Waals surface area contributed by atoms with Crippen LogP contribution in [0, 0.1) is 5.92 Å². The lowest BCUT2D eigenvalue weighted by atomic mass is 9.88. The van der Waals surface area contributed by atoms with E-state index in [4.69, 9.17) is 21.2 Å². The summed E-state index contributed by atoms with van der Waals surface area (Å²) in [6.07, 6.45) is -0.918. The van der Waals surface area contributed by atoms with Crippen LogP contribution in [-0.2, 0) is 21.0 Å². The minimum absolute atomic E-state index is 0.101. The molecule has 7 nitrogen and oxygen atoms in total. The largest absolute Gasteiger partial charge is 0.503 e. The highest BCUT2D eigenvalue weighted by Gasteiger charge is 2.61. The molecule has 0 radical (unpaired) electrons. The molecule has 0 bridgehead atoms. The van der Waals surface area contributed by atoms with Crippen LogP contribution in [0.25, 0.3) is 0 Å².